The highest BCUT2D eigenvalue weighted by Gasteiger charge is 2.13. The average Bonchev–Trinajstić information content (AvgIpc) is 2.90. The lowest BCUT2D eigenvalue weighted by atomic mass is 10.1. The Morgan fingerprint density at radius 2 is 2.14 bits per heavy atom. The van der Waals surface area contributed by atoms with Crippen LogP contribution >= 0.6 is 27.3 Å². The zero-order chi connectivity index (χ0) is 15.2. The summed E-state index contributed by atoms with van der Waals surface area (Å²) in [6.07, 6.45) is 1.51. The predicted octanol–water partition coefficient (Wildman–Crippen LogP) is 2.77. The van der Waals surface area contributed by atoms with Gasteiger partial charge < -0.3 is 11.1 Å². The third kappa shape index (κ3) is 4.91. The van der Waals surface area contributed by atoms with E-state index in [4.69, 9.17) is 5.73 Å². The molecule has 1 aromatic carbocycles. The van der Waals surface area contributed by atoms with Crippen LogP contribution in [0.1, 0.15) is 28.0 Å². The number of nitrogens with two attached hydrogens (primary N) is 1. The fourth-order valence-electron chi connectivity index (χ4n) is 1.98. The molecule has 1 unspecified atom stereocenters. The van der Waals surface area contributed by atoms with Gasteiger partial charge in [-0.1, -0.05) is 28.1 Å². The molecular weight excluding hydrogens is 350 g/mol. The average molecular weight is 368 g/mol. The van der Waals surface area contributed by atoms with Crippen molar-refractivity contribution in [3.63, 3.8) is 0 Å². The summed E-state index contributed by atoms with van der Waals surface area (Å²) in [5.74, 6) is -0.126. The molecule has 0 saturated carbocycles. The van der Waals surface area contributed by atoms with Crippen molar-refractivity contribution < 1.29 is 4.79 Å². The first kappa shape index (κ1) is 16.1. The van der Waals surface area contributed by atoms with Gasteiger partial charge in [-0.05, 0) is 37.6 Å². The maximum Gasteiger partial charge on any atom is 0.270 e. The molecule has 2 rings (SSSR count). The molecule has 1 aromatic heterocycles. The van der Waals surface area contributed by atoms with Crippen LogP contribution in [0.2, 0.25) is 0 Å². The second-order valence-electron chi connectivity index (χ2n) is 4.87. The summed E-state index contributed by atoms with van der Waals surface area (Å²) in [6, 6.07) is 8.16. The number of halogens is 1. The predicted molar refractivity (Wildman–Crippen MR) is 89.6 cm³/mol. The van der Waals surface area contributed by atoms with Crippen LogP contribution < -0.4 is 11.1 Å². The minimum absolute atomic E-state index is 0.0540. The van der Waals surface area contributed by atoms with Gasteiger partial charge in [-0.3, -0.25) is 4.79 Å². The number of rotatable bonds is 6. The van der Waals surface area contributed by atoms with Gasteiger partial charge in [-0.15, -0.1) is 11.3 Å². The van der Waals surface area contributed by atoms with E-state index in [0.29, 0.717) is 18.7 Å². The summed E-state index contributed by atoms with van der Waals surface area (Å²) in [6.45, 7) is 2.54. The monoisotopic (exact) mass is 367 g/mol. The topological polar surface area (TPSA) is 68.0 Å². The summed E-state index contributed by atoms with van der Waals surface area (Å²) in [5.41, 5.74) is 7.15. The van der Waals surface area contributed by atoms with Crippen molar-refractivity contribution in [3.05, 3.63) is 50.4 Å². The van der Waals surface area contributed by atoms with Gasteiger partial charge in [0.15, 0.2) is 0 Å². The normalized spacial score (nSPS) is 12.1. The number of nitrogens with one attached hydrogen (secondary N) is 1. The van der Waals surface area contributed by atoms with Crippen LogP contribution in [-0.2, 0) is 12.8 Å². The molecule has 0 aliphatic rings. The molecule has 21 heavy (non-hydrogen) atoms. The molecule has 6 heteroatoms. The number of aromatic nitrogens is 1. The number of thiazole rings is 1. The minimum Gasteiger partial charge on any atom is -0.348 e. The van der Waals surface area contributed by atoms with Crippen LogP contribution in [0.4, 0.5) is 0 Å². The van der Waals surface area contributed by atoms with Crippen LogP contribution in [-0.4, -0.2) is 23.5 Å². The fourth-order valence-corrected chi connectivity index (χ4v) is 3.03. The first-order valence-corrected chi connectivity index (χ1v) is 8.45. The number of benzene rings is 1. The Morgan fingerprint density at radius 1 is 1.43 bits per heavy atom. The Kier molecular flexibility index (Phi) is 5.90. The van der Waals surface area contributed by atoms with Crippen molar-refractivity contribution in [2.24, 2.45) is 5.73 Å². The summed E-state index contributed by atoms with van der Waals surface area (Å²) in [7, 11) is 0. The minimum atomic E-state index is -0.126. The number of hydrogen-bond donors (Lipinski definition) is 2. The van der Waals surface area contributed by atoms with Gasteiger partial charge >= 0.3 is 0 Å². The molecule has 4 nitrogen and oxygen atoms in total. The van der Waals surface area contributed by atoms with E-state index in [1.54, 1.807) is 5.38 Å². The Bertz CT molecular complexity index is 597. The summed E-state index contributed by atoms with van der Waals surface area (Å²) < 4.78 is 1.05. The third-order valence-electron chi connectivity index (χ3n) is 2.98. The number of carbonyl (C=O) groups excluding carboxylic acids is 1. The van der Waals surface area contributed by atoms with E-state index >= 15 is 0 Å². The van der Waals surface area contributed by atoms with Crippen LogP contribution in [0.25, 0.3) is 0 Å². The second-order valence-corrected chi connectivity index (χ2v) is 6.73. The lowest BCUT2D eigenvalue weighted by Crippen LogP contribution is -2.34. The summed E-state index contributed by atoms with van der Waals surface area (Å²) >= 11 is 4.89. The molecule has 0 spiro atoms. The van der Waals surface area contributed by atoms with Gasteiger partial charge in [0.2, 0.25) is 0 Å². The largest absolute Gasteiger partial charge is 0.348 e. The number of nitrogens with zero attached hydrogens (tertiary/aromatic N) is 1. The van der Waals surface area contributed by atoms with E-state index < -0.39 is 0 Å². The van der Waals surface area contributed by atoms with Crippen molar-refractivity contribution in [1.29, 1.82) is 0 Å². The molecule has 1 heterocycles. The first-order chi connectivity index (χ1) is 10.1. The quantitative estimate of drug-likeness (QED) is 0.824. The molecule has 3 N–H and O–H groups in total. The zero-order valence-electron chi connectivity index (χ0n) is 11.8. The van der Waals surface area contributed by atoms with Gasteiger partial charge in [0.1, 0.15) is 5.69 Å². The Morgan fingerprint density at radius 3 is 2.81 bits per heavy atom. The van der Waals surface area contributed by atoms with E-state index in [0.717, 1.165) is 15.9 Å². The fraction of sp³-hybridized carbons (Fsp3) is 0.333. The number of hydrogen-bond acceptors (Lipinski definition) is 4. The van der Waals surface area contributed by atoms with E-state index in [2.05, 4.69) is 38.4 Å². The van der Waals surface area contributed by atoms with Crippen molar-refractivity contribution in [3.8, 4) is 0 Å². The highest BCUT2D eigenvalue weighted by molar-refractivity contribution is 9.10. The molecule has 0 aliphatic carbocycles. The van der Waals surface area contributed by atoms with Crippen LogP contribution in [0, 0.1) is 0 Å². The molecule has 112 valence electrons. The van der Waals surface area contributed by atoms with Crippen LogP contribution in [0.15, 0.2) is 34.1 Å². The Balaban J connectivity index is 1.90. The standard InChI is InChI=1S/C15H18BrN3OS/c1-10(8-11-2-4-12(16)5-3-11)18-15(20)13-9-21-14(19-13)6-7-17/h2-5,9-10H,6-8,17H2,1H3,(H,18,20). The third-order valence-corrected chi connectivity index (χ3v) is 4.41. The van der Waals surface area contributed by atoms with Gasteiger partial charge in [-0.25, -0.2) is 4.98 Å². The molecule has 0 saturated heterocycles. The van der Waals surface area contributed by atoms with E-state index in [9.17, 15) is 4.79 Å². The zero-order valence-corrected chi connectivity index (χ0v) is 14.2. The highest BCUT2D eigenvalue weighted by atomic mass is 79.9. The highest BCUT2D eigenvalue weighted by Crippen LogP contribution is 2.13. The van der Waals surface area contributed by atoms with E-state index in [1.165, 1.54) is 16.9 Å². The van der Waals surface area contributed by atoms with Crippen LogP contribution in [0.5, 0.6) is 0 Å². The smallest absolute Gasteiger partial charge is 0.270 e. The number of carbonyl (C=O) groups is 1. The van der Waals surface area contributed by atoms with Crippen molar-refractivity contribution in [1.82, 2.24) is 10.3 Å². The molecule has 0 aliphatic heterocycles. The van der Waals surface area contributed by atoms with E-state index in [-0.39, 0.29) is 11.9 Å². The Labute approximate surface area is 136 Å². The molecule has 1 atom stereocenters. The second kappa shape index (κ2) is 7.68. The lowest BCUT2D eigenvalue weighted by Gasteiger charge is -2.13. The Hall–Kier alpha value is -1.24. The van der Waals surface area contributed by atoms with Crippen molar-refractivity contribution in [2.45, 2.75) is 25.8 Å². The van der Waals surface area contributed by atoms with Gasteiger partial charge in [-0.2, -0.15) is 0 Å². The SMILES string of the molecule is CC(Cc1ccc(Br)cc1)NC(=O)c1csc(CCN)n1. The van der Waals surface area contributed by atoms with Crippen LogP contribution in [0.3, 0.4) is 0 Å². The summed E-state index contributed by atoms with van der Waals surface area (Å²) in [5, 5.41) is 5.67. The molecule has 2 aromatic rings. The summed E-state index contributed by atoms with van der Waals surface area (Å²) in [4.78, 5) is 16.4. The maximum atomic E-state index is 12.1. The van der Waals surface area contributed by atoms with Crippen molar-refractivity contribution >= 4 is 33.2 Å². The molecule has 1 amide bonds. The lowest BCUT2D eigenvalue weighted by molar-refractivity contribution is 0.0935. The molecular formula is C15H18BrN3OS. The van der Waals surface area contributed by atoms with Crippen molar-refractivity contribution in [2.75, 3.05) is 6.54 Å². The molecule has 0 radical (unpaired) electrons. The van der Waals surface area contributed by atoms with E-state index in [1.807, 2.05) is 19.1 Å². The first-order valence-electron chi connectivity index (χ1n) is 6.78. The molecule has 0 bridgehead atoms. The van der Waals surface area contributed by atoms with Gasteiger partial charge in [0.25, 0.3) is 5.91 Å². The maximum absolute atomic E-state index is 12.1. The number of amides is 1. The molecule has 0 fully saturated rings. The van der Waals surface area contributed by atoms with Gasteiger partial charge in [0, 0.05) is 22.3 Å². The van der Waals surface area contributed by atoms with Gasteiger partial charge in [0.05, 0.1) is 5.01 Å².